The Kier molecular flexibility index (Phi) is 5.07. The van der Waals surface area contributed by atoms with Crippen LogP contribution >= 0.6 is 0 Å². The monoisotopic (exact) mass is 396 g/mol. The van der Waals surface area contributed by atoms with Gasteiger partial charge >= 0.3 is 0 Å². The molecule has 29 heavy (non-hydrogen) atoms. The summed E-state index contributed by atoms with van der Waals surface area (Å²) in [6, 6.07) is 11.8. The second-order valence-electron chi connectivity index (χ2n) is 6.74. The average molecular weight is 396 g/mol. The minimum Gasteiger partial charge on any atom is -0.323 e. The molecule has 1 aromatic heterocycles. The third kappa shape index (κ3) is 3.87. The number of amides is 2. The predicted octanol–water partition coefficient (Wildman–Crippen LogP) is 4.00. The molecule has 6 nitrogen and oxygen atoms in total. The lowest BCUT2D eigenvalue weighted by atomic mass is 10.1. The van der Waals surface area contributed by atoms with Gasteiger partial charge in [-0.1, -0.05) is 18.2 Å². The van der Waals surface area contributed by atoms with Crippen LogP contribution in [0.25, 0.3) is 0 Å². The second-order valence-corrected chi connectivity index (χ2v) is 6.74. The molecule has 1 aliphatic rings. The number of anilines is 2. The van der Waals surface area contributed by atoms with Gasteiger partial charge in [-0.25, -0.2) is 13.8 Å². The van der Waals surface area contributed by atoms with E-state index in [-0.39, 0.29) is 17.2 Å². The normalized spacial score (nSPS) is 12.9. The van der Waals surface area contributed by atoms with Crippen LogP contribution in [0.5, 0.6) is 0 Å². The molecule has 0 bridgehead atoms. The van der Waals surface area contributed by atoms with Gasteiger partial charge in [0.1, 0.15) is 11.6 Å². The van der Waals surface area contributed by atoms with Crippen molar-refractivity contribution < 1.29 is 18.4 Å². The maximum Gasteiger partial charge on any atom is 0.291 e. The van der Waals surface area contributed by atoms with Gasteiger partial charge in [-0.3, -0.25) is 9.59 Å². The highest BCUT2D eigenvalue weighted by molar-refractivity contribution is 6.07. The Hall–Kier alpha value is -3.55. The number of para-hydroxylation sites is 1. The zero-order chi connectivity index (χ0) is 20.4. The van der Waals surface area contributed by atoms with Crippen molar-refractivity contribution in [3.8, 4) is 0 Å². The van der Waals surface area contributed by atoms with Gasteiger partial charge in [0, 0.05) is 18.3 Å². The molecule has 3 aromatic rings. The Morgan fingerprint density at radius 2 is 1.76 bits per heavy atom. The largest absolute Gasteiger partial charge is 0.323 e. The molecule has 2 heterocycles. The summed E-state index contributed by atoms with van der Waals surface area (Å²) in [5.41, 5.74) is 1.18. The first-order valence-electron chi connectivity index (χ1n) is 9.25. The lowest BCUT2D eigenvalue weighted by Crippen LogP contribution is -2.21. The molecular formula is C21H18F2N4O2. The number of rotatable bonds is 4. The summed E-state index contributed by atoms with van der Waals surface area (Å²) in [4.78, 5) is 29.8. The molecular weight excluding hydrogens is 378 g/mol. The molecule has 0 aliphatic carbocycles. The van der Waals surface area contributed by atoms with E-state index in [9.17, 15) is 18.4 Å². The summed E-state index contributed by atoms with van der Waals surface area (Å²) in [7, 11) is 0. The van der Waals surface area contributed by atoms with E-state index in [1.54, 1.807) is 28.8 Å². The third-order valence-corrected chi connectivity index (χ3v) is 4.75. The smallest absolute Gasteiger partial charge is 0.291 e. The van der Waals surface area contributed by atoms with Gasteiger partial charge in [0.25, 0.3) is 11.8 Å². The first kappa shape index (κ1) is 18.8. The number of fused-ring (bicyclic) bond motifs is 1. The number of hydrogen-bond donors (Lipinski definition) is 2. The topological polar surface area (TPSA) is 76.0 Å². The molecule has 0 fully saturated rings. The Balaban J connectivity index is 1.63. The van der Waals surface area contributed by atoms with Crippen LogP contribution in [0.2, 0.25) is 0 Å². The first-order valence-corrected chi connectivity index (χ1v) is 9.25. The van der Waals surface area contributed by atoms with E-state index in [0.29, 0.717) is 30.4 Å². The molecule has 0 unspecified atom stereocenters. The molecule has 1 aliphatic heterocycles. The number of benzene rings is 2. The minimum absolute atomic E-state index is 0.0756. The van der Waals surface area contributed by atoms with Crippen LogP contribution in [-0.2, 0) is 13.0 Å². The zero-order valence-corrected chi connectivity index (χ0v) is 15.4. The molecule has 0 atom stereocenters. The lowest BCUT2D eigenvalue weighted by Gasteiger charge is -2.17. The highest BCUT2D eigenvalue weighted by Crippen LogP contribution is 2.24. The summed E-state index contributed by atoms with van der Waals surface area (Å²) < 4.78 is 28.7. The number of nitrogens with one attached hydrogen (secondary N) is 2. The minimum atomic E-state index is -0.881. The molecule has 148 valence electrons. The van der Waals surface area contributed by atoms with Gasteiger partial charge in [-0.2, -0.15) is 0 Å². The summed E-state index contributed by atoms with van der Waals surface area (Å²) in [5, 5.41) is 5.19. The van der Waals surface area contributed by atoms with E-state index < -0.39 is 23.4 Å². The summed E-state index contributed by atoms with van der Waals surface area (Å²) in [5.74, 6) is -2.55. The maximum atomic E-state index is 13.9. The van der Waals surface area contributed by atoms with Gasteiger partial charge in [-0.15, -0.1) is 0 Å². The molecule has 4 rings (SSSR count). The SMILES string of the molecule is O=C(Nc1ccc(F)cc1F)c1nc(C(=O)Nc2ccccc2)n2c1CCCC2. The molecule has 2 aromatic carbocycles. The van der Waals surface area contributed by atoms with Crippen molar-refractivity contribution in [3.05, 3.63) is 77.4 Å². The van der Waals surface area contributed by atoms with Crippen LogP contribution in [0.1, 0.15) is 39.6 Å². The molecule has 2 amide bonds. The van der Waals surface area contributed by atoms with Crippen molar-refractivity contribution >= 4 is 23.2 Å². The quantitative estimate of drug-likeness (QED) is 0.700. The fraction of sp³-hybridized carbons (Fsp3) is 0.190. The van der Waals surface area contributed by atoms with Crippen LogP contribution in [0.3, 0.4) is 0 Å². The summed E-state index contributed by atoms with van der Waals surface area (Å²) >= 11 is 0. The molecule has 8 heteroatoms. The van der Waals surface area contributed by atoms with Crippen molar-refractivity contribution in [3.63, 3.8) is 0 Å². The zero-order valence-electron chi connectivity index (χ0n) is 15.4. The highest BCUT2D eigenvalue weighted by atomic mass is 19.1. The number of aromatic nitrogens is 2. The molecule has 0 saturated carbocycles. The number of carbonyl (C=O) groups is 2. The van der Waals surface area contributed by atoms with E-state index in [2.05, 4.69) is 15.6 Å². The number of hydrogen-bond acceptors (Lipinski definition) is 3. The maximum absolute atomic E-state index is 13.9. The Bertz CT molecular complexity index is 1080. The van der Waals surface area contributed by atoms with Crippen LogP contribution in [0.15, 0.2) is 48.5 Å². The van der Waals surface area contributed by atoms with Gasteiger partial charge in [0.05, 0.1) is 11.4 Å². The van der Waals surface area contributed by atoms with E-state index in [1.807, 2.05) is 6.07 Å². The molecule has 0 saturated heterocycles. The van der Waals surface area contributed by atoms with E-state index >= 15 is 0 Å². The van der Waals surface area contributed by atoms with E-state index in [1.165, 1.54) is 0 Å². The number of halogens is 2. The van der Waals surface area contributed by atoms with Crippen molar-refractivity contribution in [2.75, 3.05) is 10.6 Å². The Labute approximate surface area is 165 Å². The van der Waals surface area contributed by atoms with Gasteiger partial charge in [-0.05, 0) is 43.5 Å². The lowest BCUT2D eigenvalue weighted by molar-refractivity contribution is 0.101. The third-order valence-electron chi connectivity index (χ3n) is 4.75. The molecule has 0 spiro atoms. The summed E-state index contributed by atoms with van der Waals surface area (Å²) in [6.45, 7) is 0.568. The molecule has 0 radical (unpaired) electrons. The van der Waals surface area contributed by atoms with Crippen molar-refractivity contribution in [2.24, 2.45) is 0 Å². The number of nitrogens with zero attached hydrogens (tertiary/aromatic N) is 2. The number of carbonyl (C=O) groups excluding carboxylic acids is 2. The van der Waals surface area contributed by atoms with E-state index in [0.717, 1.165) is 25.0 Å². The fourth-order valence-electron chi connectivity index (χ4n) is 3.38. The van der Waals surface area contributed by atoms with Crippen molar-refractivity contribution in [2.45, 2.75) is 25.8 Å². The van der Waals surface area contributed by atoms with Gasteiger partial charge < -0.3 is 15.2 Å². The number of imidazole rings is 1. The van der Waals surface area contributed by atoms with Crippen LogP contribution < -0.4 is 10.6 Å². The highest BCUT2D eigenvalue weighted by Gasteiger charge is 2.28. The fourth-order valence-corrected chi connectivity index (χ4v) is 3.38. The van der Waals surface area contributed by atoms with Crippen LogP contribution in [0.4, 0.5) is 20.2 Å². The predicted molar refractivity (Wildman–Crippen MR) is 104 cm³/mol. The Morgan fingerprint density at radius 3 is 2.52 bits per heavy atom. The van der Waals surface area contributed by atoms with Crippen LogP contribution in [-0.4, -0.2) is 21.4 Å². The van der Waals surface area contributed by atoms with Gasteiger partial charge in [0.15, 0.2) is 11.5 Å². The summed E-state index contributed by atoms with van der Waals surface area (Å²) in [6.07, 6.45) is 2.31. The van der Waals surface area contributed by atoms with Crippen molar-refractivity contribution in [1.29, 1.82) is 0 Å². The second kappa shape index (κ2) is 7.83. The molecule has 2 N–H and O–H groups in total. The average Bonchev–Trinajstić information content (AvgIpc) is 3.11. The van der Waals surface area contributed by atoms with Gasteiger partial charge in [0.2, 0.25) is 0 Å². The van der Waals surface area contributed by atoms with Crippen LogP contribution in [0, 0.1) is 11.6 Å². The van der Waals surface area contributed by atoms with E-state index in [4.69, 9.17) is 0 Å². The van der Waals surface area contributed by atoms with Crippen molar-refractivity contribution in [1.82, 2.24) is 9.55 Å². The first-order chi connectivity index (χ1) is 14.0. The standard InChI is InChI=1S/C21H18F2N4O2/c22-13-9-10-16(15(23)12-13)25-20(28)18-17-8-4-5-11-27(17)19(26-18)21(29)24-14-6-2-1-3-7-14/h1-3,6-7,9-10,12H,4-5,8,11H2,(H,24,29)(H,25,28). The Morgan fingerprint density at radius 1 is 0.966 bits per heavy atom.